The zero-order valence-corrected chi connectivity index (χ0v) is 13.2. The SMILES string of the molecule is CC(=O)OC(C1CC1(C)C)C(Br)(Br)S(=O)O. The third-order valence-electron chi connectivity index (χ3n) is 2.81. The lowest BCUT2D eigenvalue weighted by Gasteiger charge is -2.28. The second kappa shape index (κ2) is 4.66. The third-order valence-corrected chi connectivity index (χ3v) is 6.07. The quantitative estimate of drug-likeness (QED) is 0.464. The van der Waals surface area contributed by atoms with Gasteiger partial charge in [0, 0.05) is 12.8 Å². The highest BCUT2D eigenvalue weighted by Gasteiger charge is 2.59. The molecule has 94 valence electrons. The molecule has 0 spiro atoms. The summed E-state index contributed by atoms with van der Waals surface area (Å²) in [5.74, 6) is -0.382. The van der Waals surface area contributed by atoms with Crippen LogP contribution in [0.5, 0.6) is 0 Å². The van der Waals surface area contributed by atoms with Crippen LogP contribution in [0.25, 0.3) is 0 Å². The highest BCUT2D eigenvalue weighted by molar-refractivity contribution is 9.27. The van der Waals surface area contributed by atoms with Crippen molar-refractivity contribution in [3.8, 4) is 0 Å². The lowest BCUT2D eigenvalue weighted by Crippen LogP contribution is -2.40. The molecule has 3 unspecified atom stereocenters. The number of carbonyl (C=O) groups excluding carboxylic acids is 1. The van der Waals surface area contributed by atoms with Gasteiger partial charge in [-0.25, -0.2) is 4.21 Å². The third kappa shape index (κ3) is 3.05. The molecule has 1 N–H and O–H groups in total. The van der Waals surface area contributed by atoms with E-state index < -0.39 is 25.7 Å². The van der Waals surface area contributed by atoms with E-state index in [0.717, 1.165) is 6.42 Å². The van der Waals surface area contributed by atoms with E-state index in [4.69, 9.17) is 4.74 Å². The van der Waals surface area contributed by atoms with Crippen molar-refractivity contribution in [2.24, 2.45) is 11.3 Å². The second-order valence-corrected chi connectivity index (χ2v) is 10.4. The van der Waals surface area contributed by atoms with E-state index in [-0.39, 0.29) is 11.3 Å². The lowest BCUT2D eigenvalue weighted by molar-refractivity contribution is -0.147. The molecule has 1 aliphatic carbocycles. The highest BCUT2D eigenvalue weighted by Crippen LogP contribution is 2.58. The van der Waals surface area contributed by atoms with Crippen molar-refractivity contribution >= 4 is 48.9 Å². The number of esters is 1. The fourth-order valence-corrected chi connectivity index (χ4v) is 2.92. The molecule has 0 aromatic rings. The Balaban J connectivity index is 2.89. The van der Waals surface area contributed by atoms with Crippen molar-refractivity contribution < 1.29 is 18.3 Å². The Bertz CT molecular complexity index is 329. The monoisotopic (exact) mass is 376 g/mol. The maximum atomic E-state index is 11.2. The zero-order chi connectivity index (χ0) is 12.7. The molecule has 0 radical (unpaired) electrons. The summed E-state index contributed by atoms with van der Waals surface area (Å²) in [4.78, 5) is 11.0. The topological polar surface area (TPSA) is 63.6 Å². The number of ether oxygens (including phenoxy) is 1. The second-order valence-electron chi connectivity index (χ2n) is 4.64. The van der Waals surface area contributed by atoms with Crippen LogP contribution in [0.4, 0.5) is 0 Å². The van der Waals surface area contributed by atoms with Gasteiger partial charge in [0.2, 0.25) is 2.57 Å². The molecule has 1 fully saturated rings. The molecule has 1 saturated carbocycles. The van der Waals surface area contributed by atoms with Crippen molar-refractivity contribution in [1.82, 2.24) is 0 Å². The largest absolute Gasteiger partial charge is 0.459 e. The van der Waals surface area contributed by atoms with E-state index in [1.165, 1.54) is 6.92 Å². The van der Waals surface area contributed by atoms with Gasteiger partial charge in [-0.15, -0.1) is 0 Å². The van der Waals surface area contributed by atoms with Gasteiger partial charge in [-0.1, -0.05) is 45.7 Å². The van der Waals surface area contributed by atoms with Crippen molar-refractivity contribution in [1.29, 1.82) is 0 Å². The number of carbonyl (C=O) groups is 1. The Hall–Kier alpha value is 0.540. The number of rotatable bonds is 4. The average molecular weight is 378 g/mol. The predicted molar refractivity (Wildman–Crippen MR) is 68.8 cm³/mol. The van der Waals surface area contributed by atoms with Crippen molar-refractivity contribution in [2.45, 2.75) is 35.9 Å². The smallest absolute Gasteiger partial charge is 0.303 e. The summed E-state index contributed by atoms with van der Waals surface area (Å²) < 4.78 is 24.3. The highest BCUT2D eigenvalue weighted by atomic mass is 79.9. The van der Waals surface area contributed by atoms with E-state index >= 15 is 0 Å². The van der Waals surface area contributed by atoms with Crippen molar-refractivity contribution in [3.63, 3.8) is 0 Å². The fraction of sp³-hybridized carbons (Fsp3) is 0.889. The average Bonchev–Trinajstić information content (AvgIpc) is 2.69. The first-order chi connectivity index (χ1) is 7.09. The molecule has 0 saturated heterocycles. The first-order valence-electron chi connectivity index (χ1n) is 4.75. The summed E-state index contributed by atoms with van der Waals surface area (Å²) in [7, 11) is 0. The maximum absolute atomic E-state index is 11.2. The first kappa shape index (κ1) is 14.6. The summed E-state index contributed by atoms with van der Waals surface area (Å²) in [6.45, 7) is 5.35. The zero-order valence-electron chi connectivity index (χ0n) is 9.20. The van der Waals surface area contributed by atoms with Crippen LogP contribution in [-0.4, -0.2) is 23.4 Å². The fourth-order valence-electron chi connectivity index (χ4n) is 1.69. The van der Waals surface area contributed by atoms with Crippen LogP contribution >= 0.6 is 31.9 Å². The minimum atomic E-state index is -2.18. The van der Waals surface area contributed by atoms with E-state index in [1.807, 2.05) is 13.8 Å². The van der Waals surface area contributed by atoms with Gasteiger partial charge >= 0.3 is 5.97 Å². The van der Waals surface area contributed by atoms with Crippen molar-refractivity contribution in [3.05, 3.63) is 0 Å². The van der Waals surface area contributed by atoms with Gasteiger partial charge in [-0.05, 0) is 11.8 Å². The summed E-state index contributed by atoms with van der Waals surface area (Å²) in [6, 6.07) is 0. The van der Waals surface area contributed by atoms with E-state index in [1.54, 1.807) is 0 Å². The van der Waals surface area contributed by atoms with Crippen LogP contribution in [0.2, 0.25) is 0 Å². The van der Waals surface area contributed by atoms with Crippen LogP contribution < -0.4 is 0 Å². The number of hydrogen-bond acceptors (Lipinski definition) is 3. The first-order valence-corrected chi connectivity index (χ1v) is 7.44. The van der Waals surface area contributed by atoms with Gasteiger partial charge in [0.25, 0.3) is 0 Å². The van der Waals surface area contributed by atoms with Crippen LogP contribution in [0.3, 0.4) is 0 Å². The lowest BCUT2D eigenvalue weighted by atomic mass is 10.1. The van der Waals surface area contributed by atoms with Crippen LogP contribution in [0, 0.1) is 11.3 Å². The molecule has 0 amide bonds. The molecule has 1 rings (SSSR count). The molecular formula is C9H14Br2O4S. The molecule has 7 heteroatoms. The number of hydrogen-bond donors (Lipinski definition) is 1. The van der Waals surface area contributed by atoms with Gasteiger partial charge in [-0.2, -0.15) is 0 Å². The Morgan fingerprint density at radius 1 is 1.62 bits per heavy atom. The maximum Gasteiger partial charge on any atom is 0.303 e. The summed E-state index contributed by atoms with van der Waals surface area (Å²) in [6.07, 6.45) is 0.201. The molecule has 4 nitrogen and oxygen atoms in total. The molecule has 3 atom stereocenters. The Morgan fingerprint density at radius 2 is 2.06 bits per heavy atom. The van der Waals surface area contributed by atoms with E-state index in [0.29, 0.717) is 0 Å². The minimum absolute atomic E-state index is 0.0340. The molecule has 0 heterocycles. The minimum Gasteiger partial charge on any atom is -0.459 e. The van der Waals surface area contributed by atoms with Gasteiger partial charge < -0.3 is 9.29 Å². The molecule has 0 aliphatic heterocycles. The van der Waals surface area contributed by atoms with Gasteiger partial charge in [0.1, 0.15) is 6.10 Å². The number of alkyl halides is 2. The molecule has 1 aliphatic rings. The van der Waals surface area contributed by atoms with Crippen LogP contribution in [0.1, 0.15) is 27.2 Å². The summed E-state index contributed by atoms with van der Waals surface area (Å²) in [5, 5.41) is 0. The molecule has 0 aromatic carbocycles. The summed E-state index contributed by atoms with van der Waals surface area (Å²) >= 11 is 4.07. The Morgan fingerprint density at radius 3 is 2.31 bits per heavy atom. The van der Waals surface area contributed by atoms with Crippen LogP contribution in [-0.2, 0) is 20.6 Å². The van der Waals surface area contributed by atoms with Gasteiger partial charge in [-0.3, -0.25) is 4.79 Å². The molecule has 0 bridgehead atoms. The van der Waals surface area contributed by atoms with E-state index in [9.17, 15) is 13.6 Å². The Labute approximate surface area is 114 Å². The van der Waals surface area contributed by atoms with Gasteiger partial charge in [0.05, 0.1) is 0 Å². The Kier molecular flexibility index (Phi) is 4.26. The standard InChI is InChI=1S/C9H14Br2O4S/c1-5(12)15-7(6-4-8(6,2)3)9(10,11)16(13)14/h6-7H,4H2,1-3H3,(H,13,14). The molecular weight excluding hydrogens is 364 g/mol. The van der Waals surface area contributed by atoms with Crippen molar-refractivity contribution in [2.75, 3.05) is 0 Å². The number of halogens is 2. The van der Waals surface area contributed by atoms with Crippen LogP contribution in [0.15, 0.2) is 0 Å². The molecule has 0 aromatic heterocycles. The predicted octanol–water partition coefficient (Wildman–Crippen LogP) is 2.63. The summed E-state index contributed by atoms with van der Waals surface area (Å²) in [5.41, 5.74) is 0.0340. The normalized spacial score (nSPS) is 27.0. The van der Waals surface area contributed by atoms with E-state index in [2.05, 4.69) is 31.9 Å². The molecule has 16 heavy (non-hydrogen) atoms. The van der Waals surface area contributed by atoms with Gasteiger partial charge in [0.15, 0.2) is 11.1 Å².